The minimum atomic E-state index is -0.574. The van der Waals surface area contributed by atoms with Gasteiger partial charge in [-0.05, 0) is 16.8 Å². The van der Waals surface area contributed by atoms with Gasteiger partial charge in [0, 0.05) is 25.4 Å². The molecule has 1 amide bonds. The van der Waals surface area contributed by atoms with Crippen molar-refractivity contribution in [1.82, 2.24) is 24.8 Å². The number of aromatic nitrogens is 4. The molecule has 0 aliphatic rings. The van der Waals surface area contributed by atoms with Gasteiger partial charge < -0.3 is 25.0 Å². The summed E-state index contributed by atoms with van der Waals surface area (Å²) in [7, 11) is 0. The first-order chi connectivity index (χ1) is 9.56. The SMILES string of the molecule is CC(NC(=O)CCn1cnc([N+](=O)[O-])c1)c1ncc[nH]1. The highest BCUT2D eigenvalue weighted by molar-refractivity contribution is 5.76. The Balaban J connectivity index is 1.81. The molecule has 1 unspecified atom stereocenters. The molecule has 0 fully saturated rings. The predicted octanol–water partition coefficient (Wildman–Crippen LogP) is 0.782. The van der Waals surface area contributed by atoms with E-state index in [0.717, 1.165) is 0 Å². The molecule has 9 nitrogen and oxygen atoms in total. The van der Waals surface area contributed by atoms with Crippen molar-refractivity contribution in [2.45, 2.75) is 25.9 Å². The molecule has 0 saturated carbocycles. The lowest BCUT2D eigenvalue weighted by Crippen LogP contribution is -2.28. The Morgan fingerprint density at radius 1 is 1.60 bits per heavy atom. The number of amides is 1. The van der Waals surface area contributed by atoms with E-state index < -0.39 is 4.92 Å². The van der Waals surface area contributed by atoms with Crippen LogP contribution in [-0.4, -0.2) is 30.3 Å². The number of imidazole rings is 2. The summed E-state index contributed by atoms with van der Waals surface area (Å²) in [5.41, 5.74) is 0. The van der Waals surface area contributed by atoms with Crippen LogP contribution >= 0.6 is 0 Å². The zero-order valence-corrected chi connectivity index (χ0v) is 10.8. The van der Waals surface area contributed by atoms with Crippen LogP contribution in [0, 0.1) is 10.1 Å². The lowest BCUT2D eigenvalue weighted by Gasteiger charge is -2.11. The third-order valence-corrected chi connectivity index (χ3v) is 2.71. The highest BCUT2D eigenvalue weighted by atomic mass is 16.6. The second kappa shape index (κ2) is 5.95. The molecule has 0 aliphatic carbocycles. The van der Waals surface area contributed by atoms with E-state index in [1.807, 2.05) is 6.92 Å². The van der Waals surface area contributed by atoms with Crippen LogP contribution in [0.5, 0.6) is 0 Å². The maximum Gasteiger partial charge on any atom is 0.381 e. The summed E-state index contributed by atoms with van der Waals surface area (Å²) in [5.74, 6) is 0.288. The number of hydrogen-bond acceptors (Lipinski definition) is 5. The molecule has 0 radical (unpaired) electrons. The number of hydrogen-bond donors (Lipinski definition) is 2. The van der Waals surface area contributed by atoms with Gasteiger partial charge in [0.15, 0.2) is 0 Å². The maximum atomic E-state index is 11.7. The van der Waals surface area contributed by atoms with Gasteiger partial charge in [0.25, 0.3) is 0 Å². The molecule has 0 aliphatic heterocycles. The van der Waals surface area contributed by atoms with Crippen molar-refractivity contribution in [3.8, 4) is 0 Å². The number of H-pyrrole nitrogens is 1. The highest BCUT2D eigenvalue weighted by Crippen LogP contribution is 2.08. The van der Waals surface area contributed by atoms with Gasteiger partial charge in [0.2, 0.25) is 12.2 Å². The van der Waals surface area contributed by atoms with Crippen molar-refractivity contribution in [1.29, 1.82) is 0 Å². The maximum absolute atomic E-state index is 11.7. The number of rotatable bonds is 6. The normalized spacial score (nSPS) is 12.1. The van der Waals surface area contributed by atoms with E-state index >= 15 is 0 Å². The van der Waals surface area contributed by atoms with Crippen LogP contribution in [0.25, 0.3) is 0 Å². The predicted molar refractivity (Wildman–Crippen MR) is 68.6 cm³/mol. The monoisotopic (exact) mass is 278 g/mol. The van der Waals surface area contributed by atoms with Gasteiger partial charge in [-0.2, -0.15) is 0 Å². The van der Waals surface area contributed by atoms with Gasteiger partial charge in [-0.15, -0.1) is 0 Å². The zero-order chi connectivity index (χ0) is 14.5. The Kier molecular flexibility index (Phi) is 4.08. The van der Waals surface area contributed by atoms with Gasteiger partial charge in [0.05, 0.1) is 6.04 Å². The molecule has 2 heterocycles. The average Bonchev–Trinajstić information content (AvgIpc) is 3.07. The van der Waals surface area contributed by atoms with E-state index in [0.29, 0.717) is 12.4 Å². The Hall–Kier alpha value is -2.71. The molecular weight excluding hydrogens is 264 g/mol. The fourth-order valence-corrected chi connectivity index (χ4v) is 1.69. The zero-order valence-electron chi connectivity index (χ0n) is 10.8. The first kappa shape index (κ1) is 13.7. The molecule has 2 N–H and O–H groups in total. The number of carbonyl (C=O) groups is 1. The first-order valence-corrected chi connectivity index (χ1v) is 6.01. The van der Waals surface area contributed by atoms with Crippen LogP contribution in [0.4, 0.5) is 5.82 Å². The molecule has 9 heteroatoms. The van der Waals surface area contributed by atoms with E-state index in [2.05, 4.69) is 20.3 Å². The molecule has 106 valence electrons. The second-order valence-electron chi connectivity index (χ2n) is 4.24. The molecule has 2 rings (SSSR count). The van der Waals surface area contributed by atoms with Crippen LogP contribution in [0.3, 0.4) is 0 Å². The summed E-state index contributed by atoms with van der Waals surface area (Å²) in [6, 6.07) is -0.213. The van der Waals surface area contributed by atoms with Crippen molar-refractivity contribution in [2.75, 3.05) is 0 Å². The third-order valence-electron chi connectivity index (χ3n) is 2.71. The fraction of sp³-hybridized carbons (Fsp3) is 0.364. The first-order valence-electron chi connectivity index (χ1n) is 6.01. The van der Waals surface area contributed by atoms with Crippen LogP contribution in [-0.2, 0) is 11.3 Å². The molecule has 0 saturated heterocycles. The Morgan fingerprint density at radius 3 is 3.00 bits per heavy atom. The summed E-state index contributed by atoms with van der Waals surface area (Å²) in [5, 5.41) is 13.3. The molecule has 0 aromatic carbocycles. The van der Waals surface area contributed by atoms with E-state index in [4.69, 9.17) is 0 Å². The largest absolute Gasteiger partial charge is 0.381 e. The smallest absolute Gasteiger partial charge is 0.358 e. The second-order valence-corrected chi connectivity index (χ2v) is 4.24. The van der Waals surface area contributed by atoms with Gasteiger partial charge >= 0.3 is 5.82 Å². The van der Waals surface area contributed by atoms with Gasteiger partial charge in [0.1, 0.15) is 12.0 Å². The van der Waals surface area contributed by atoms with Crippen molar-refractivity contribution in [2.24, 2.45) is 0 Å². The quantitative estimate of drug-likeness (QED) is 0.598. The molecule has 20 heavy (non-hydrogen) atoms. The lowest BCUT2D eigenvalue weighted by molar-refractivity contribution is -0.389. The van der Waals surface area contributed by atoms with Crippen LogP contribution in [0.2, 0.25) is 0 Å². The summed E-state index contributed by atoms with van der Waals surface area (Å²) in [6.45, 7) is 2.15. The Labute approximate surface area is 114 Å². The Bertz CT molecular complexity index is 591. The standard InChI is InChI=1S/C11H14N6O3/c1-8(11-12-3-4-13-11)15-10(18)2-5-16-6-9(14-7-16)17(19)20/h3-4,6-8H,2,5H2,1H3,(H,12,13)(H,15,18). The number of nitrogens with one attached hydrogen (secondary N) is 2. The van der Waals surface area contributed by atoms with E-state index in [9.17, 15) is 14.9 Å². The van der Waals surface area contributed by atoms with Gasteiger partial charge in [-0.3, -0.25) is 4.79 Å². The van der Waals surface area contributed by atoms with Crippen molar-refractivity contribution >= 4 is 11.7 Å². The molecule has 0 bridgehead atoms. The molecule has 0 spiro atoms. The van der Waals surface area contributed by atoms with Crippen LogP contribution in [0.1, 0.15) is 25.2 Å². The summed E-state index contributed by atoms with van der Waals surface area (Å²) >= 11 is 0. The van der Waals surface area contributed by atoms with Gasteiger partial charge in [-0.1, -0.05) is 0 Å². The number of aromatic amines is 1. The Morgan fingerprint density at radius 2 is 2.40 bits per heavy atom. The number of aryl methyl sites for hydroxylation is 1. The number of nitro groups is 1. The van der Waals surface area contributed by atoms with Crippen LogP contribution < -0.4 is 5.32 Å². The highest BCUT2D eigenvalue weighted by Gasteiger charge is 2.13. The van der Waals surface area contributed by atoms with E-state index in [1.165, 1.54) is 17.1 Å². The average molecular weight is 278 g/mol. The lowest BCUT2D eigenvalue weighted by atomic mass is 10.3. The molecule has 2 aromatic heterocycles. The van der Waals surface area contributed by atoms with E-state index in [1.54, 1.807) is 12.4 Å². The van der Waals surface area contributed by atoms with Crippen molar-refractivity contribution < 1.29 is 9.72 Å². The number of carbonyl (C=O) groups excluding carboxylic acids is 1. The minimum absolute atomic E-state index is 0.162. The van der Waals surface area contributed by atoms with Crippen molar-refractivity contribution in [3.63, 3.8) is 0 Å². The third kappa shape index (κ3) is 3.40. The molecular formula is C11H14N6O3. The number of nitrogens with zero attached hydrogens (tertiary/aromatic N) is 4. The van der Waals surface area contributed by atoms with Crippen molar-refractivity contribution in [3.05, 3.63) is 40.9 Å². The topological polar surface area (TPSA) is 119 Å². The van der Waals surface area contributed by atoms with Crippen LogP contribution in [0.15, 0.2) is 24.9 Å². The summed E-state index contributed by atoms with van der Waals surface area (Å²) in [4.78, 5) is 32.2. The summed E-state index contributed by atoms with van der Waals surface area (Å²) < 4.78 is 1.51. The summed E-state index contributed by atoms with van der Waals surface area (Å²) in [6.07, 6.45) is 6.13. The molecule has 2 aromatic rings. The van der Waals surface area contributed by atoms with E-state index in [-0.39, 0.29) is 24.2 Å². The van der Waals surface area contributed by atoms with Gasteiger partial charge in [-0.25, -0.2) is 4.98 Å². The minimum Gasteiger partial charge on any atom is -0.358 e. The fourth-order valence-electron chi connectivity index (χ4n) is 1.69. The molecule has 1 atom stereocenters.